The number of carbonyl (C=O) groups is 3. The number of ether oxygens (including phenoxy) is 8. The van der Waals surface area contributed by atoms with E-state index in [0.29, 0.717) is 51.4 Å². The summed E-state index contributed by atoms with van der Waals surface area (Å²) in [4.78, 5) is 40.9. The maximum absolute atomic E-state index is 15.3. The van der Waals surface area contributed by atoms with Crippen molar-refractivity contribution < 1.29 is 119 Å². The van der Waals surface area contributed by atoms with Gasteiger partial charge in [-0.05, 0) is 111 Å². The lowest BCUT2D eigenvalue weighted by Crippen LogP contribution is -2.70. The molecule has 13 N–H and O–H groups in total. The molecule has 8 fully saturated rings. The molecule has 0 aromatic carbocycles. The van der Waals surface area contributed by atoms with Gasteiger partial charge in [-0.25, -0.2) is 4.79 Å². The van der Waals surface area contributed by atoms with Crippen LogP contribution in [0.15, 0.2) is 11.6 Å². The molecule has 0 aromatic heterocycles. The Kier molecular flexibility index (Phi) is 15.6. The molecular formula is C52H80O24. The average Bonchev–Trinajstić information content (AvgIpc) is 3.34. The Labute approximate surface area is 439 Å². The van der Waals surface area contributed by atoms with Crippen molar-refractivity contribution in [2.45, 2.75) is 229 Å². The summed E-state index contributed by atoms with van der Waals surface area (Å²) in [5.41, 5.74) is -4.00. The molecule has 24 heteroatoms. The summed E-state index contributed by atoms with van der Waals surface area (Å²) in [6.07, 6.45) is -27.3. The first-order valence-electron chi connectivity index (χ1n) is 26.8. The SMILES string of the molecule is C[C@@H]1O[C@@H](O[C@H]2[C@H](OC(=O)[C@]34CCC(C)(C)C[C@H]3C3=CCC5[C@@]6(C)C[C@H](O)[C@H](O[C@@H]7O[C@H](C(=O)O)[C@@H](O)[C@H](O)[C@H]7O)[C@@](C)(C(=O)O)C6CC[C@@]5(C)[C@]3(C)CC4)OC[C@H](O)[C@@H]2O)[C@H](O)[C@H](O)[C@H]1O[C@@H]1OC[C@@H](O)[C@H](O)[C@H]1O. The maximum Gasteiger partial charge on any atom is 0.335 e. The van der Waals surface area contributed by atoms with Crippen LogP contribution in [0.5, 0.6) is 0 Å². The van der Waals surface area contributed by atoms with Crippen molar-refractivity contribution in [3.8, 4) is 0 Å². The summed E-state index contributed by atoms with van der Waals surface area (Å²) < 4.78 is 46.7. The van der Waals surface area contributed by atoms with Gasteiger partial charge >= 0.3 is 17.9 Å². The molecule has 5 aliphatic carbocycles. The number of aliphatic carboxylic acids is 2. The molecule has 76 heavy (non-hydrogen) atoms. The highest BCUT2D eigenvalue weighted by atomic mass is 16.8. The van der Waals surface area contributed by atoms with E-state index in [9.17, 15) is 76.0 Å². The van der Waals surface area contributed by atoms with Gasteiger partial charge in [-0.15, -0.1) is 0 Å². The minimum Gasteiger partial charge on any atom is -0.481 e. The largest absolute Gasteiger partial charge is 0.481 e. The number of hydrogen-bond acceptors (Lipinski definition) is 22. The Morgan fingerprint density at radius 3 is 1.84 bits per heavy atom. The van der Waals surface area contributed by atoms with Crippen LogP contribution >= 0.6 is 0 Å². The number of aliphatic hydroxyl groups is 11. The number of carboxylic acid groups (broad SMARTS) is 2. The first-order valence-corrected chi connectivity index (χ1v) is 26.8. The van der Waals surface area contributed by atoms with Crippen molar-refractivity contribution in [2.75, 3.05) is 13.2 Å². The van der Waals surface area contributed by atoms with Crippen molar-refractivity contribution in [1.29, 1.82) is 0 Å². The van der Waals surface area contributed by atoms with Gasteiger partial charge < -0.3 is 104 Å². The van der Waals surface area contributed by atoms with Crippen LogP contribution in [-0.4, -0.2) is 220 Å². The van der Waals surface area contributed by atoms with Crippen molar-refractivity contribution in [3.05, 3.63) is 11.6 Å². The third-order valence-corrected chi connectivity index (χ3v) is 20.6. The van der Waals surface area contributed by atoms with E-state index < -0.39 is 180 Å². The van der Waals surface area contributed by atoms with E-state index in [4.69, 9.17) is 37.9 Å². The van der Waals surface area contributed by atoms with Crippen LogP contribution in [0.1, 0.15) is 106 Å². The Hall–Kier alpha value is -2.57. The van der Waals surface area contributed by atoms with Crippen LogP contribution in [0.4, 0.5) is 0 Å². The van der Waals surface area contributed by atoms with Crippen LogP contribution < -0.4 is 0 Å². The predicted octanol–water partition coefficient (Wildman–Crippen LogP) is -1.60. The van der Waals surface area contributed by atoms with E-state index in [1.54, 1.807) is 0 Å². The van der Waals surface area contributed by atoms with Crippen LogP contribution in [-0.2, 0) is 52.3 Å². The maximum atomic E-state index is 15.3. The quantitative estimate of drug-likeness (QED) is 0.0665. The molecule has 2 unspecified atom stereocenters. The van der Waals surface area contributed by atoms with Crippen molar-refractivity contribution in [1.82, 2.24) is 0 Å². The fourth-order valence-electron chi connectivity index (χ4n) is 16.0. The highest BCUT2D eigenvalue weighted by Gasteiger charge is 2.73. The van der Waals surface area contributed by atoms with E-state index in [2.05, 4.69) is 33.8 Å². The summed E-state index contributed by atoms with van der Waals surface area (Å²) in [5, 5.41) is 140. The second-order valence-electron chi connectivity index (χ2n) is 25.3. The molecule has 0 aromatic rings. The molecule has 0 radical (unpaired) electrons. The third-order valence-electron chi connectivity index (χ3n) is 20.6. The summed E-state index contributed by atoms with van der Waals surface area (Å²) in [6.45, 7) is 12.8. The molecule has 9 aliphatic rings. The number of esters is 1. The second-order valence-corrected chi connectivity index (χ2v) is 25.3. The van der Waals surface area contributed by atoms with Gasteiger partial charge in [0.2, 0.25) is 6.29 Å². The fourth-order valence-corrected chi connectivity index (χ4v) is 16.0. The number of carboxylic acids is 2. The second kappa shape index (κ2) is 20.4. The molecule has 0 amide bonds. The van der Waals surface area contributed by atoms with Crippen molar-refractivity contribution in [2.24, 2.45) is 50.2 Å². The molecule has 0 spiro atoms. The monoisotopic (exact) mass is 1090 g/mol. The van der Waals surface area contributed by atoms with E-state index in [1.807, 2.05) is 6.92 Å². The van der Waals surface area contributed by atoms with E-state index in [-0.39, 0.29) is 30.3 Å². The molecule has 4 aliphatic heterocycles. The van der Waals surface area contributed by atoms with E-state index >= 15 is 4.79 Å². The van der Waals surface area contributed by atoms with Crippen LogP contribution in [0.3, 0.4) is 0 Å². The van der Waals surface area contributed by atoms with Crippen LogP contribution in [0, 0.1) is 50.2 Å². The highest BCUT2D eigenvalue weighted by Crippen LogP contribution is 2.76. The molecule has 4 saturated carbocycles. The van der Waals surface area contributed by atoms with Gasteiger partial charge in [0, 0.05) is 0 Å². The number of hydrogen-bond donors (Lipinski definition) is 13. The normalized spacial score (nSPS) is 54.1. The lowest BCUT2D eigenvalue weighted by Gasteiger charge is -2.71. The fraction of sp³-hybridized carbons (Fsp3) is 0.904. The molecule has 9 rings (SSSR count). The molecule has 432 valence electrons. The minimum absolute atomic E-state index is 0.0600. The molecule has 0 bridgehead atoms. The zero-order chi connectivity index (χ0) is 55.7. The Balaban J connectivity index is 0.957. The first kappa shape index (κ1) is 58.1. The number of carbonyl (C=O) groups excluding carboxylic acids is 1. The Morgan fingerprint density at radius 2 is 1.18 bits per heavy atom. The van der Waals surface area contributed by atoms with Gasteiger partial charge in [-0.3, -0.25) is 9.59 Å². The zero-order valence-electron chi connectivity index (χ0n) is 43.9. The van der Waals surface area contributed by atoms with E-state index in [1.165, 1.54) is 13.8 Å². The summed E-state index contributed by atoms with van der Waals surface area (Å²) in [5.74, 6) is -4.75. The highest BCUT2D eigenvalue weighted by molar-refractivity contribution is 5.79. The number of fused-ring (bicyclic) bond motifs is 7. The number of aliphatic hydroxyl groups excluding tert-OH is 11. The standard InChI is InChI=1S/C52H80O24/c1-20-36(72-41-33(61)28(56)24(54)18-69-41)32(60)35(63)42(71-20)74-38-29(57)25(55)19-70-44(38)76-46(68)52-14-12-47(2,3)16-22(52)21-8-9-26-48(4)17-23(53)39(75-43-34(62)30(58)31(59)37(73-43)40(64)65)51(7,45(66)67)27(48)10-11-50(26,6)49(21,5)13-15-52/h8,20,22-39,41-44,53-63H,9-19H2,1-7H3,(H,64,65)(H,66,67)/t20-,22-,23-,24+,25-,26?,27?,28-,29-,30-,31-,32-,33+,34+,35+,36-,37-,38+,39-,41-,42-,43-,44-,48+,49+,50+,51-,52-/m0/s1. The van der Waals surface area contributed by atoms with Crippen LogP contribution in [0.25, 0.3) is 0 Å². The molecule has 28 atom stereocenters. The number of allylic oxidation sites excluding steroid dienone is 2. The molecule has 4 saturated heterocycles. The summed E-state index contributed by atoms with van der Waals surface area (Å²) >= 11 is 0. The van der Waals surface area contributed by atoms with Crippen molar-refractivity contribution >= 4 is 17.9 Å². The first-order chi connectivity index (χ1) is 35.4. The zero-order valence-corrected chi connectivity index (χ0v) is 43.9. The number of rotatable bonds is 10. The molecular weight excluding hydrogens is 1010 g/mol. The lowest BCUT2D eigenvalue weighted by molar-refractivity contribution is -0.368. The predicted molar refractivity (Wildman–Crippen MR) is 253 cm³/mol. The summed E-state index contributed by atoms with van der Waals surface area (Å²) in [7, 11) is 0. The van der Waals surface area contributed by atoms with E-state index in [0.717, 1.165) is 5.57 Å². The molecule has 24 nitrogen and oxygen atoms in total. The van der Waals surface area contributed by atoms with Crippen LogP contribution in [0.2, 0.25) is 0 Å². The Bertz CT molecular complexity index is 2220. The minimum atomic E-state index is -2.01. The van der Waals surface area contributed by atoms with Gasteiger partial charge in [0.05, 0.1) is 36.3 Å². The van der Waals surface area contributed by atoms with Gasteiger partial charge in [0.25, 0.3) is 0 Å². The average molecular weight is 1090 g/mol. The van der Waals surface area contributed by atoms with Gasteiger partial charge in [0.1, 0.15) is 73.2 Å². The third kappa shape index (κ3) is 9.09. The smallest absolute Gasteiger partial charge is 0.335 e. The molecule has 4 heterocycles. The van der Waals surface area contributed by atoms with Gasteiger partial charge in [-0.1, -0.05) is 46.3 Å². The summed E-state index contributed by atoms with van der Waals surface area (Å²) in [6, 6.07) is 0. The Morgan fingerprint density at radius 1 is 0.592 bits per heavy atom. The van der Waals surface area contributed by atoms with Gasteiger partial charge in [0.15, 0.2) is 31.1 Å². The lowest BCUT2D eigenvalue weighted by atomic mass is 9.33. The van der Waals surface area contributed by atoms with Gasteiger partial charge in [-0.2, -0.15) is 0 Å². The topological polar surface area (TPSA) is 388 Å². The van der Waals surface area contributed by atoms with Crippen molar-refractivity contribution in [3.63, 3.8) is 0 Å².